The molecule has 1 atom stereocenters. The molecule has 1 aromatic rings. The molecule has 1 heterocycles. The molecule has 0 aromatic heterocycles. The van der Waals surface area contributed by atoms with Crippen molar-refractivity contribution < 1.29 is 17.9 Å². The van der Waals surface area contributed by atoms with Crippen molar-refractivity contribution in [3.63, 3.8) is 0 Å². The van der Waals surface area contributed by atoms with Gasteiger partial charge in [0.25, 0.3) is 0 Å². The van der Waals surface area contributed by atoms with E-state index in [1.54, 1.807) is 6.07 Å². The third kappa shape index (κ3) is 4.40. The number of rotatable bonds is 5. The molecule has 1 saturated heterocycles. The van der Waals surface area contributed by atoms with Gasteiger partial charge in [0.2, 0.25) is 0 Å². The van der Waals surface area contributed by atoms with Crippen LogP contribution in [-0.4, -0.2) is 19.7 Å². The summed E-state index contributed by atoms with van der Waals surface area (Å²) in [5.41, 5.74) is -0.695. The van der Waals surface area contributed by atoms with Gasteiger partial charge in [0.05, 0.1) is 12.2 Å². The van der Waals surface area contributed by atoms with Crippen LogP contribution in [-0.2, 0) is 6.18 Å². The molecule has 2 nitrogen and oxygen atoms in total. The molecule has 0 spiro atoms. The fraction of sp³-hybridized carbons (Fsp3) is 0.600. The van der Waals surface area contributed by atoms with E-state index < -0.39 is 11.7 Å². The van der Waals surface area contributed by atoms with Gasteiger partial charge in [-0.3, -0.25) is 0 Å². The van der Waals surface area contributed by atoms with E-state index in [0.29, 0.717) is 12.5 Å². The number of halogens is 3. The molecule has 1 unspecified atom stereocenters. The summed E-state index contributed by atoms with van der Waals surface area (Å²) in [6.07, 6.45) is -0.182. The van der Waals surface area contributed by atoms with Gasteiger partial charge in [0.15, 0.2) is 0 Å². The number of hydrogen-bond acceptors (Lipinski definition) is 2. The maximum atomic E-state index is 12.8. The molecule has 1 aliphatic rings. The van der Waals surface area contributed by atoms with Gasteiger partial charge in [-0.15, -0.1) is 0 Å². The van der Waals surface area contributed by atoms with Crippen LogP contribution in [0.2, 0.25) is 0 Å². The van der Waals surface area contributed by atoms with Crippen LogP contribution in [0.4, 0.5) is 13.2 Å². The lowest BCUT2D eigenvalue weighted by molar-refractivity contribution is -0.138. The Morgan fingerprint density at radius 3 is 2.75 bits per heavy atom. The van der Waals surface area contributed by atoms with Crippen molar-refractivity contribution in [1.82, 2.24) is 5.32 Å². The average molecular weight is 287 g/mol. The second-order valence-electron chi connectivity index (χ2n) is 5.20. The maximum absolute atomic E-state index is 12.8. The van der Waals surface area contributed by atoms with Gasteiger partial charge in [0, 0.05) is 0 Å². The van der Waals surface area contributed by atoms with E-state index in [2.05, 4.69) is 5.32 Å². The Hall–Kier alpha value is -1.23. The molecular weight excluding hydrogens is 267 g/mol. The van der Waals surface area contributed by atoms with Crippen LogP contribution in [0.15, 0.2) is 24.3 Å². The van der Waals surface area contributed by atoms with Crippen molar-refractivity contribution in [2.24, 2.45) is 5.92 Å². The number of alkyl halides is 3. The minimum absolute atomic E-state index is 0.0678. The molecule has 1 fully saturated rings. The van der Waals surface area contributed by atoms with Crippen LogP contribution in [0, 0.1) is 5.92 Å². The van der Waals surface area contributed by atoms with Crippen molar-refractivity contribution in [3.05, 3.63) is 29.8 Å². The summed E-state index contributed by atoms with van der Waals surface area (Å²) in [4.78, 5) is 0. The molecule has 112 valence electrons. The molecule has 0 aliphatic carbocycles. The summed E-state index contributed by atoms with van der Waals surface area (Å²) < 4.78 is 43.6. The maximum Gasteiger partial charge on any atom is 0.419 e. The number of hydrogen-bond donors (Lipinski definition) is 1. The highest BCUT2D eigenvalue weighted by molar-refractivity contribution is 5.35. The molecular formula is C15H20F3NO. The molecule has 1 aliphatic heterocycles. The molecule has 1 aromatic carbocycles. The fourth-order valence-electron chi connectivity index (χ4n) is 2.55. The molecule has 0 bridgehead atoms. The molecule has 2 rings (SSSR count). The lowest BCUT2D eigenvalue weighted by atomic mass is 9.95. The SMILES string of the molecule is FC(F)(F)c1ccccc1OCCCC1CCCNC1. The number of benzene rings is 1. The number of nitrogens with one attached hydrogen (secondary N) is 1. The van der Waals surface area contributed by atoms with E-state index in [1.807, 2.05) is 0 Å². The highest BCUT2D eigenvalue weighted by atomic mass is 19.4. The first kappa shape index (κ1) is 15.2. The van der Waals surface area contributed by atoms with E-state index in [-0.39, 0.29) is 5.75 Å². The van der Waals surface area contributed by atoms with E-state index in [0.717, 1.165) is 32.0 Å². The first-order valence-electron chi connectivity index (χ1n) is 7.07. The number of piperidine rings is 1. The summed E-state index contributed by atoms with van der Waals surface area (Å²) in [6.45, 7) is 2.43. The van der Waals surface area contributed by atoms with Gasteiger partial charge in [-0.05, 0) is 56.8 Å². The quantitative estimate of drug-likeness (QED) is 0.830. The van der Waals surface area contributed by atoms with E-state index in [9.17, 15) is 13.2 Å². The van der Waals surface area contributed by atoms with Crippen LogP contribution < -0.4 is 10.1 Å². The summed E-state index contributed by atoms with van der Waals surface area (Å²) in [7, 11) is 0. The molecule has 5 heteroatoms. The second-order valence-corrected chi connectivity index (χ2v) is 5.20. The van der Waals surface area contributed by atoms with Crippen LogP contribution in [0.1, 0.15) is 31.2 Å². The third-order valence-electron chi connectivity index (χ3n) is 3.61. The monoisotopic (exact) mass is 287 g/mol. The Bertz CT molecular complexity index is 414. The Balaban J connectivity index is 1.79. The molecule has 20 heavy (non-hydrogen) atoms. The van der Waals surface area contributed by atoms with Crippen molar-refractivity contribution in [3.8, 4) is 5.75 Å². The number of ether oxygens (including phenoxy) is 1. The standard InChI is InChI=1S/C15H20F3NO/c16-15(17,18)13-7-1-2-8-14(13)20-10-4-6-12-5-3-9-19-11-12/h1-2,7-8,12,19H,3-6,9-11H2. The van der Waals surface area contributed by atoms with Crippen LogP contribution in [0.25, 0.3) is 0 Å². The summed E-state index contributed by atoms with van der Waals surface area (Å²) >= 11 is 0. The smallest absolute Gasteiger partial charge is 0.419 e. The highest BCUT2D eigenvalue weighted by Gasteiger charge is 2.33. The van der Waals surface area contributed by atoms with E-state index in [4.69, 9.17) is 4.74 Å². The molecule has 0 saturated carbocycles. The van der Waals surface area contributed by atoms with Gasteiger partial charge >= 0.3 is 6.18 Å². The Morgan fingerprint density at radius 2 is 2.05 bits per heavy atom. The largest absolute Gasteiger partial charge is 0.493 e. The summed E-state index contributed by atoms with van der Waals surface area (Å²) in [6, 6.07) is 5.38. The lowest BCUT2D eigenvalue weighted by Crippen LogP contribution is -2.29. The Labute approximate surface area is 117 Å². The van der Waals surface area contributed by atoms with Crippen molar-refractivity contribution in [1.29, 1.82) is 0 Å². The highest BCUT2D eigenvalue weighted by Crippen LogP contribution is 2.35. The van der Waals surface area contributed by atoms with Gasteiger partial charge in [-0.2, -0.15) is 13.2 Å². The molecule has 0 radical (unpaired) electrons. The molecule has 1 N–H and O–H groups in total. The van der Waals surface area contributed by atoms with Crippen molar-refractivity contribution >= 4 is 0 Å². The Morgan fingerprint density at radius 1 is 1.25 bits per heavy atom. The normalized spacial score (nSPS) is 19.9. The van der Waals surface area contributed by atoms with Gasteiger partial charge in [0.1, 0.15) is 5.75 Å². The van der Waals surface area contributed by atoms with Crippen LogP contribution >= 0.6 is 0 Å². The fourth-order valence-corrected chi connectivity index (χ4v) is 2.55. The zero-order chi connectivity index (χ0) is 14.4. The minimum atomic E-state index is -4.36. The predicted octanol–water partition coefficient (Wildman–Crippen LogP) is 3.86. The first-order chi connectivity index (χ1) is 9.57. The average Bonchev–Trinajstić information content (AvgIpc) is 2.44. The number of para-hydroxylation sites is 1. The topological polar surface area (TPSA) is 21.3 Å². The Kier molecular flexibility index (Phi) is 5.29. The predicted molar refractivity (Wildman–Crippen MR) is 71.8 cm³/mol. The molecule has 0 amide bonds. The zero-order valence-electron chi connectivity index (χ0n) is 11.4. The minimum Gasteiger partial charge on any atom is -0.493 e. The van der Waals surface area contributed by atoms with Crippen LogP contribution in [0.3, 0.4) is 0 Å². The van der Waals surface area contributed by atoms with Crippen molar-refractivity contribution in [2.45, 2.75) is 31.9 Å². The van der Waals surface area contributed by atoms with Gasteiger partial charge < -0.3 is 10.1 Å². The third-order valence-corrected chi connectivity index (χ3v) is 3.61. The second kappa shape index (κ2) is 6.97. The van der Waals surface area contributed by atoms with Gasteiger partial charge in [-0.1, -0.05) is 12.1 Å². The summed E-state index contributed by atoms with van der Waals surface area (Å²) in [5.74, 6) is 0.562. The van der Waals surface area contributed by atoms with Crippen molar-refractivity contribution in [2.75, 3.05) is 19.7 Å². The van der Waals surface area contributed by atoms with Gasteiger partial charge in [-0.25, -0.2) is 0 Å². The zero-order valence-corrected chi connectivity index (χ0v) is 11.4. The van der Waals surface area contributed by atoms with E-state index in [1.165, 1.54) is 25.0 Å². The lowest BCUT2D eigenvalue weighted by Gasteiger charge is -2.22. The van der Waals surface area contributed by atoms with E-state index >= 15 is 0 Å². The van der Waals surface area contributed by atoms with Crippen LogP contribution in [0.5, 0.6) is 5.75 Å². The summed E-state index contributed by atoms with van der Waals surface area (Å²) in [5, 5.41) is 3.33. The first-order valence-corrected chi connectivity index (χ1v) is 7.07.